The minimum Gasteiger partial charge on any atom is -0.480 e. The van der Waals surface area contributed by atoms with E-state index in [0.29, 0.717) is 24.5 Å². The Kier molecular flexibility index (Phi) is 4.53. The number of ether oxygens (including phenoxy) is 1. The van der Waals surface area contributed by atoms with Crippen molar-refractivity contribution in [3.63, 3.8) is 0 Å². The van der Waals surface area contributed by atoms with E-state index < -0.39 is 12.0 Å². The van der Waals surface area contributed by atoms with Crippen LogP contribution in [0.5, 0.6) is 0 Å². The Balaban J connectivity index is 2.26. The molecule has 1 fully saturated rings. The number of hydrogen-bond acceptors (Lipinski definition) is 5. The van der Waals surface area contributed by atoms with Gasteiger partial charge in [0, 0.05) is 19.3 Å². The molecule has 0 saturated carbocycles. The number of piperidine rings is 1. The number of carboxylic acids is 1. The number of nitrogens with zero attached hydrogens (tertiary/aromatic N) is 3. The predicted octanol–water partition coefficient (Wildman–Crippen LogP) is 1.41. The topological polar surface area (TPSA) is 86.5 Å². The Labute approximate surface area is 117 Å². The zero-order valence-electron chi connectivity index (χ0n) is 11.3. The van der Waals surface area contributed by atoms with E-state index in [1.807, 2.05) is 13.0 Å². The van der Waals surface area contributed by atoms with Crippen LogP contribution in [0.25, 0.3) is 0 Å². The van der Waals surface area contributed by atoms with Crippen LogP contribution in [0.4, 0.5) is 5.82 Å². The van der Waals surface area contributed by atoms with E-state index in [9.17, 15) is 9.90 Å². The van der Waals surface area contributed by atoms with E-state index in [4.69, 9.17) is 10.00 Å². The molecular weight excluding hydrogens is 258 g/mol. The normalized spacial score (nSPS) is 22.3. The van der Waals surface area contributed by atoms with Gasteiger partial charge in [-0.3, -0.25) is 0 Å². The van der Waals surface area contributed by atoms with Gasteiger partial charge in [-0.15, -0.1) is 0 Å². The molecule has 0 bridgehead atoms. The number of aromatic nitrogens is 1. The van der Waals surface area contributed by atoms with Crippen molar-refractivity contribution in [1.29, 1.82) is 5.26 Å². The maximum absolute atomic E-state index is 11.5. The average molecular weight is 275 g/mol. The molecule has 2 atom stereocenters. The van der Waals surface area contributed by atoms with E-state index in [1.54, 1.807) is 17.0 Å². The molecule has 1 aromatic rings. The molecule has 0 aromatic carbocycles. The van der Waals surface area contributed by atoms with Crippen LogP contribution in [0.3, 0.4) is 0 Å². The monoisotopic (exact) mass is 275 g/mol. The summed E-state index contributed by atoms with van der Waals surface area (Å²) in [6.45, 7) is 2.97. The van der Waals surface area contributed by atoms with Gasteiger partial charge in [-0.2, -0.15) is 5.26 Å². The predicted molar refractivity (Wildman–Crippen MR) is 72.4 cm³/mol. The standard InChI is InChI=1S/C14H17N3O3/c1-2-20-11-4-3-7-17(13(11)14(18)19)12-6-5-10(8-15)9-16-12/h5-6,9,11,13H,2-4,7H2,1H3,(H,18,19). The number of hydrogen-bond donors (Lipinski definition) is 1. The maximum Gasteiger partial charge on any atom is 0.329 e. The minimum absolute atomic E-state index is 0.330. The van der Waals surface area contributed by atoms with Gasteiger partial charge >= 0.3 is 5.97 Å². The fourth-order valence-electron chi connectivity index (χ4n) is 2.52. The van der Waals surface area contributed by atoms with E-state index in [1.165, 1.54) is 6.20 Å². The van der Waals surface area contributed by atoms with Crippen LogP contribution >= 0.6 is 0 Å². The highest BCUT2D eigenvalue weighted by atomic mass is 16.5. The van der Waals surface area contributed by atoms with Crippen LogP contribution in [-0.2, 0) is 9.53 Å². The van der Waals surface area contributed by atoms with E-state index >= 15 is 0 Å². The molecule has 0 amide bonds. The number of aliphatic carboxylic acids is 1. The summed E-state index contributed by atoms with van der Waals surface area (Å²) >= 11 is 0. The largest absolute Gasteiger partial charge is 0.480 e. The first-order valence-corrected chi connectivity index (χ1v) is 6.64. The van der Waals surface area contributed by atoms with Crippen molar-refractivity contribution < 1.29 is 14.6 Å². The van der Waals surface area contributed by atoms with Crippen LogP contribution in [0, 0.1) is 11.3 Å². The van der Waals surface area contributed by atoms with Gasteiger partial charge in [0.1, 0.15) is 11.9 Å². The molecular formula is C14H17N3O3. The van der Waals surface area contributed by atoms with Gasteiger partial charge in [-0.25, -0.2) is 9.78 Å². The number of carboxylic acid groups (broad SMARTS) is 1. The van der Waals surface area contributed by atoms with E-state index in [-0.39, 0.29) is 6.10 Å². The lowest BCUT2D eigenvalue weighted by Crippen LogP contribution is -2.54. The number of carbonyl (C=O) groups is 1. The molecule has 2 rings (SSSR count). The Bertz CT molecular complexity index is 507. The quantitative estimate of drug-likeness (QED) is 0.894. The second-order valence-corrected chi connectivity index (χ2v) is 4.63. The van der Waals surface area contributed by atoms with Gasteiger partial charge in [-0.05, 0) is 31.9 Å². The molecule has 1 saturated heterocycles. The van der Waals surface area contributed by atoms with Gasteiger partial charge in [0.2, 0.25) is 0 Å². The lowest BCUT2D eigenvalue weighted by atomic mass is 9.98. The average Bonchev–Trinajstić information content (AvgIpc) is 2.47. The number of nitriles is 1. The fraction of sp³-hybridized carbons (Fsp3) is 0.500. The third-order valence-electron chi connectivity index (χ3n) is 3.38. The molecule has 0 aliphatic carbocycles. The highest BCUT2D eigenvalue weighted by molar-refractivity contribution is 5.79. The lowest BCUT2D eigenvalue weighted by Gasteiger charge is -2.39. The van der Waals surface area contributed by atoms with E-state index in [0.717, 1.165) is 12.8 Å². The summed E-state index contributed by atoms with van der Waals surface area (Å²) in [6, 6.07) is 4.59. The van der Waals surface area contributed by atoms with Gasteiger partial charge in [0.15, 0.2) is 6.04 Å². The summed E-state index contributed by atoms with van der Waals surface area (Å²) in [5.41, 5.74) is 0.457. The first kappa shape index (κ1) is 14.3. The maximum atomic E-state index is 11.5. The summed E-state index contributed by atoms with van der Waals surface area (Å²) in [5, 5.41) is 18.2. The Morgan fingerprint density at radius 1 is 1.65 bits per heavy atom. The molecule has 1 aliphatic heterocycles. The minimum atomic E-state index is -0.908. The molecule has 2 unspecified atom stereocenters. The van der Waals surface area contributed by atoms with Crippen molar-refractivity contribution in [2.24, 2.45) is 0 Å². The van der Waals surface area contributed by atoms with Crippen molar-refractivity contribution in [1.82, 2.24) is 4.98 Å². The van der Waals surface area contributed by atoms with Gasteiger partial charge in [-0.1, -0.05) is 0 Å². The highest BCUT2D eigenvalue weighted by Crippen LogP contribution is 2.25. The summed E-state index contributed by atoms with van der Waals surface area (Å²) in [4.78, 5) is 17.5. The SMILES string of the molecule is CCOC1CCCN(c2ccc(C#N)cn2)C1C(=O)O. The van der Waals surface area contributed by atoms with Crippen LogP contribution < -0.4 is 4.90 Å². The number of pyridine rings is 1. The van der Waals surface area contributed by atoms with Crippen molar-refractivity contribution in [2.45, 2.75) is 31.9 Å². The van der Waals surface area contributed by atoms with Crippen molar-refractivity contribution in [2.75, 3.05) is 18.1 Å². The van der Waals surface area contributed by atoms with E-state index in [2.05, 4.69) is 4.98 Å². The summed E-state index contributed by atoms with van der Waals surface area (Å²) in [5.74, 6) is -0.338. The highest BCUT2D eigenvalue weighted by Gasteiger charge is 2.38. The zero-order valence-corrected chi connectivity index (χ0v) is 11.3. The molecule has 0 radical (unpaired) electrons. The molecule has 20 heavy (non-hydrogen) atoms. The second kappa shape index (κ2) is 6.35. The summed E-state index contributed by atoms with van der Waals surface area (Å²) in [6.07, 6.45) is 2.72. The van der Waals surface area contributed by atoms with Crippen LogP contribution in [0.15, 0.2) is 18.3 Å². The van der Waals surface area contributed by atoms with Gasteiger partial charge < -0.3 is 14.7 Å². The summed E-state index contributed by atoms with van der Waals surface area (Å²) in [7, 11) is 0. The Hall–Kier alpha value is -2.13. The van der Waals surface area contributed by atoms with Gasteiger partial charge in [0.05, 0.1) is 11.7 Å². The van der Waals surface area contributed by atoms with Crippen molar-refractivity contribution >= 4 is 11.8 Å². The lowest BCUT2D eigenvalue weighted by molar-refractivity contribution is -0.143. The fourth-order valence-corrected chi connectivity index (χ4v) is 2.52. The number of anilines is 1. The molecule has 0 spiro atoms. The first-order chi connectivity index (χ1) is 9.67. The van der Waals surface area contributed by atoms with Gasteiger partial charge in [0.25, 0.3) is 0 Å². The summed E-state index contributed by atoms with van der Waals surface area (Å²) < 4.78 is 5.55. The zero-order chi connectivity index (χ0) is 14.5. The van der Waals surface area contributed by atoms with Crippen molar-refractivity contribution in [3.8, 4) is 6.07 Å². The second-order valence-electron chi connectivity index (χ2n) is 4.63. The van der Waals surface area contributed by atoms with Crippen molar-refractivity contribution in [3.05, 3.63) is 23.9 Å². The van der Waals surface area contributed by atoms with Crippen LogP contribution in [-0.4, -0.2) is 41.4 Å². The molecule has 106 valence electrons. The molecule has 2 heterocycles. The molecule has 1 N–H and O–H groups in total. The Morgan fingerprint density at radius 3 is 3.00 bits per heavy atom. The van der Waals surface area contributed by atoms with Crippen LogP contribution in [0.2, 0.25) is 0 Å². The number of rotatable bonds is 4. The molecule has 1 aromatic heterocycles. The molecule has 6 heteroatoms. The van der Waals surface area contributed by atoms with Crippen LogP contribution in [0.1, 0.15) is 25.3 Å². The molecule has 6 nitrogen and oxygen atoms in total. The smallest absolute Gasteiger partial charge is 0.329 e. The molecule has 1 aliphatic rings. The third-order valence-corrected chi connectivity index (χ3v) is 3.38. The first-order valence-electron chi connectivity index (χ1n) is 6.64. The Morgan fingerprint density at radius 2 is 2.45 bits per heavy atom. The third kappa shape index (κ3) is 2.89.